The van der Waals surface area contributed by atoms with Gasteiger partial charge in [-0.1, -0.05) is 23.7 Å². The number of ether oxygens (including phenoxy) is 3. The third-order valence-corrected chi connectivity index (χ3v) is 6.93. The zero-order valence-corrected chi connectivity index (χ0v) is 19.1. The molecule has 1 aliphatic rings. The molecule has 1 saturated heterocycles. The molecule has 0 radical (unpaired) electrons. The molecule has 10 nitrogen and oxygen atoms in total. The Morgan fingerprint density at radius 1 is 1.06 bits per heavy atom. The highest BCUT2D eigenvalue weighted by Gasteiger charge is 2.27. The summed E-state index contributed by atoms with van der Waals surface area (Å²) in [5, 5.41) is 2.54. The number of morpholine rings is 1. The Morgan fingerprint density at radius 2 is 1.70 bits per heavy atom. The predicted molar refractivity (Wildman–Crippen MR) is 118 cm³/mol. The third kappa shape index (κ3) is 5.88. The molecule has 1 N–H and O–H groups in total. The minimum Gasteiger partial charge on any atom is -0.465 e. The first-order valence-electron chi connectivity index (χ1n) is 9.76. The van der Waals surface area contributed by atoms with Gasteiger partial charge in [-0.2, -0.15) is 4.31 Å². The number of carbonyl (C=O) groups is 3. The summed E-state index contributed by atoms with van der Waals surface area (Å²) in [7, 11) is -2.62. The second-order valence-corrected chi connectivity index (χ2v) is 9.16. The Hall–Kier alpha value is -2.99. The highest BCUT2D eigenvalue weighted by Crippen LogP contribution is 2.27. The van der Waals surface area contributed by atoms with Gasteiger partial charge in [-0.3, -0.25) is 4.79 Å². The fourth-order valence-corrected chi connectivity index (χ4v) is 4.64. The number of hydrogen-bond donors (Lipinski definition) is 1. The fraction of sp³-hybridized carbons (Fsp3) is 0.286. The molecule has 0 bridgehead atoms. The molecule has 2 aromatic carbocycles. The van der Waals surface area contributed by atoms with Crippen molar-refractivity contribution in [3.8, 4) is 0 Å². The number of carbonyl (C=O) groups excluding carboxylic acids is 3. The molecule has 0 atom stereocenters. The summed E-state index contributed by atoms with van der Waals surface area (Å²) in [5.74, 6) is -2.38. The van der Waals surface area contributed by atoms with Gasteiger partial charge in [0, 0.05) is 13.1 Å². The fourth-order valence-electron chi connectivity index (χ4n) is 3.04. The van der Waals surface area contributed by atoms with Gasteiger partial charge < -0.3 is 19.5 Å². The Kier molecular flexibility index (Phi) is 8.03. The van der Waals surface area contributed by atoms with Crippen molar-refractivity contribution in [2.45, 2.75) is 4.90 Å². The lowest BCUT2D eigenvalue weighted by Gasteiger charge is -2.26. The van der Waals surface area contributed by atoms with Gasteiger partial charge in [-0.15, -0.1) is 0 Å². The Morgan fingerprint density at radius 3 is 2.33 bits per heavy atom. The maximum absolute atomic E-state index is 12.8. The van der Waals surface area contributed by atoms with E-state index in [9.17, 15) is 22.8 Å². The number of nitrogens with one attached hydrogen (secondary N) is 1. The zero-order valence-electron chi connectivity index (χ0n) is 17.6. The summed E-state index contributed by atoms with van der Waals surface area (Å²) in [6, 6.07) is 9.76. The number of anilines is 1. The molecule has 1 amide bonds. The number of halogens is 1. The minimum atomic E-state index is -3.80. The second-order valence-electron chi connectivity index (χ2n) is 6.82. The van der Waals surface area contributed by atoms with E-state index in [1.165, 1.54) is 47.8 Å². The number of methoxy groups -OCH3 is 1. The predicted octanol–water partition coefficient (Wildman–Crippen LogP) is 1.94. The first kappa shape index (κ1) is 24.6. The second kappa shape index (κ2) is 10.8. The molecule has 0 aliphatic carbocycles. The molecule has 12 heteroatoms. The number of nitrogens with zero attached hydrogens (tertiary/aromatic N) is 1. The van der Waals surface area contributed by atoms with Crippen LogP contribution in [0.4, 0.5) is 5.69 Å². The van der Waals surface area contributed by atoms with Crippen molar-refractivity contribution in [2.75, 3.05) is 45.3 Å². The summed E-state index contributed by atoms with van der Waals surface area (Å²) in [5.41, 5.74) is -0.0229. The van der Waals surface area contributed by atoms with Gasteiger partial charge in [0.25, 0.3) is 5.91 Å². The molecule has 2 aromatic rings. The monoisotopic (exact) mass is 496 g/mol. The van der Waals surface area contributed by atoms with E-state index in [0.717, 1.165) is 0 Å². The summed E-state index contributed by atoms with van der Waals surface area (Å²) in [4.78, 5) is 36.4. The van der Waals surface area contributed by atoms with Crippen LogP contribution >= 0.6 is 11.6 Å². The lowest BCUT2D eigenvalue weighted by atomic mass is 10.1. The summed E-state index contributed by atoms with van der Waals surface area (Å²) < 4.78 is 41.7. The maximum Gasteiger partial charge on any atom is 0.339 e. The van der Waals surface area contributed by atoms with E-state index in [0.29, 0.717) is 13.2 Å². The molecule has 0 aromatic heterocycles. The number of amides is 1. The Bertz CT molecular complexity index is 1160. The first-order valence-corrected chi connectivity index (χ1v) is 11.6. The molecule has 3 rings (SSSR count). The summed E-state index contributed by atoms with van der Waals surface area (Å²) in [6.07, 6.45) is 0. The van der Waals surface area contributed by atoms with Crippen LogP contribution in [0.5, 0.6) is 0 Å². The van der Waals surface area contributed by atoms with Crippen LogP contribution < -0.4 is 5.32 Å². The topological polar surface area (TPSA) is 128 Å². The van der Waals surface area contributed by atoms with Crippen LogP contribution in [0, 0.1) is 0 Å². The van der Waals surface area contributed by atoms with Crippen molar-refractivity contribution in [3.63, 3.8) is 0 Å². The van der Waals surface area contributed by atoms with Crippen molar-refractivity contribution in [1.82, 2.24) is 4.31 Å². The quantitative estimate of drug-likeness (QED) is 0.576. The van der Waals surface area contributed by atoms with Crippen LogP contribution in [0.1, 0.15) is 20.7 Å². The number of esters is 2. The average Bonchev–Trinajstić information content (AvgIpc) is 2.83. The van der Waals surface area contributed by atoms with Crippen LogP contribution in [0.15, 0.2) is 47.4 Å². The molecule has 1 heterocycles. The van der Waals surface area contributed by atoms with E-state index < -0.39 is 34.5 Å². The summed E-state index contributed by atoms with van der Waals surface area (Å²) >= 11 is 6.10. The molecule has 1 aliphatic heterocycles. The number of benzene rings is 2. The normalized spacial score (nSPS) is 14.4. The molecule has 0 spiro atoms. The van der Waals surface area contributed by atoms with Crippen molar-refractivity contribution >= 4 is 45.2 Å². The van der Waals surface area contributed by atoms with Crippen LogP contribution in [0.3, 0.4) is 0 Å². The first-order chi connectivity index (χ1) is 15.7. The Balaban J connectivity index is 1.68. The number of hydrogen-bond acceptors (Lipinski definition) is 8. The van der Waals surface area contributed by atoms with Gasteiger partial charge in [0.15, 0.2) is 6.61 Å². The molecule has 0 saturated carbocycles. The van der Waals surface area contributed by atoms with E-state index in [1.807, 2.05) is 0 Å². The van der Waals surface area contributed by atoms with Crippen molar-refractivity contribution in [2.24, 2.45) is 0 Å². The van der Waals surface area contributed by atoms with E-state index in [1.54, 1.807) is 6.07 Å². The van der Waals surface area contributed by atoms with Crippen molar-refractivity contribution in [3.05, 3.63) is 58.6 Å². The van der Waals surface area contributed by atoms with Gasteiger partial charge in [-0.05, 0) is 30.3 Å². The Labute approximate surface area is 195 Å². The van der Waals surface area contributed by atoms with Crippen molar-refractivity contribution < 1.29 is 37.0 Å². The van der Waals surface area contributed by atoms with Gasteiger partial charge in [0.1, 0.15) is 0 Å². The van der Waals surface area contributed by atoms with Gasteiger partial charge in [0.05, 0.1) is 47.1 Å². The van der Waals surface area contributed by atoms with Crippen molar-refractivity contribution in [1.29, 1.82) is 0 Å². The lowest BCUT2D eigenvalue weighted by molar-refractivity contribution is -0.119. The zero-order chi connectivity index (χ0) is 24.0. The highest BCUT2D eigenvalue weighted by atomic mass is 35.5. The minimum absolute atomic E-state index is 0.00512. The van der Waals surface area contributed by atoms with Crippen LogP contribution in [0.2, 0.25) is 5.02 Å². The molecule has 33 heavy (non-hydrogen) atoms. The SMILES string of the molecule is COC(=O)c1ccccc1C(=O)OCC(=O)Nc1cc(S(=O)(=O)N2CCOCC2)ccc1Cl. The van der Waals surface area contributed by atoms with E-state index >= 15 is 0 Å². The van der Waals surface area contributed by atoms with E-state index in [4.69, 9.17) is 21.1 Å². The lowest BCUT2D eigenvalue weighted by Crippen LogP contribution is -2.40. The van der Waals surface area contributed by atoms with Gasteiger partial charge in [-0.25, -0.2) is 18.0 Å². The maximum atomic E-state index is 12.8. The van der Waals surface area contributed by atoms with Gasteiger partial charge >= 0.3 is 11.9 Å². The van der Waals surface area contributed by atoms with Crippen LogP contribution in [-0.4, -0.2) is 70.6 Å². The molecule has 0 unspecified atom stereocenters. The number of rotatable bonds is 7. The summed E-state index contributed by atoms with van der Waals surface area (Å²) in [6.45, 7) is 0.332. The number of sulfonamides is 1. The van der Waals surface area contributed by atoms with Crippen LogP contribution in [-0.2, 0) is 29.0 Å². The van der Waals surface area contributed by atoms with E-state index in [-0.39, 0.29) is 39.8 Å². The smallest absolute Gasteiger partial charge is 0.339 e. The molecular formula is C21H21ClN2O8S. The third-order valence-electron chi connectivity index (χ3n) is 4.71. The average molecular weight is 497 g/mol. The largest absolute Gasteiger partial charge is 0.465 e. The molecule has 1 fully saturated rings. The van der Waals surface area contributed by atoms with E-state index in [2.05, 4.69) is 10.1 Å². The molecular weight excluding hydrogens is 476 g/mol. The highest BCUT2D eigenvalue weighted by molar-refractivity contribution is 7.89. The standard InChI is InChI=1S/C21H21ClN2O8S/c1-30-20(26)15-4-2-3-5-16(15)21(27)32-13-19(25)23-18-12-14(6-7-17(18)22)33(28,29)24-8-10-31-11-9-24/h2-7,12H,8-11,13H2,1H3,(H,23,25). The van der Waals surface area contributed by atoms with Gasteiger partial charge in [0.2, 0.25) is 10.0 Å². The molecule has 176 valence electrons. The van der Waals surface area contributed by atoms with Crippen LogP contribution in [0.25, 0.3) is 0 Å².